The number of halogens is 1. The molecule has 0 saturated carbocycles. The summed E-state index contributed by atoms with van der Waals surface area (Å²) in [6.07, 6.45) is 2.69. The van der Waals surface area contributed by atoms with Crippen molar-refractivity contribution in [2.75, 3.05) is 33.8 Å². The molecule has 1 unspecified atom stereocenters. The fraction of sp³-hybridized carbons (Fsp3) is 0.625. The van der Waals surface area contributed by atoms with Crippen LogP contribution in [0.4, 0.5) is 0 Å². The molecule has 3 nitrogen and oxygen atoms in total. The minimum Gasteiger partial charge on any atom is -0.380 e. The first-order chi connectivity index (χ1) is 9.31. The van der Waals surface area contributed by atoms with E-state index in [1.165, 1.54) is 37.1 Å². The lowest BCUT2D eigenvalue weighted by Gasteiger charge is -2.32. The van der Waals surface area contributed by atoms with E-state index < -0.39 is 0 Å². The lowest BCUT2D eigenvalue weighted by atomic mass is 9.97. The highest BCUT2D eigenvalue weighted by Gasteiger charge is 2.19. The van der Waals surface area contributed by atoms with E-state index in [1.807, 2.05) is 7.05 Å². The summed E-state index contributed by atoms with van der Waals surface area (Å²) in [4.78, 5) is 2.58. The van der Waals surface area contributed by atoms with Crippen LogP contribution in [0.15, 0.2) is 24.3 Å². The van der Waals surface area contributed by atoms with Gasteiger partial charge in [-0.25, -0.2) is 0 Å². The Bertz CT molecular complexity index is 384. The second kappa shape index (κ2) is 9.35. The highest BCUT2D eigenvalue weighted by atomic mass is 35.5. The van der Waals surface area contributed by atoms with E-state index in [1.54, 1.807) is 7.11 Å². The van der Waals surface area contributed by atoms with Crippen molar-refractivity contribution in [3.05, 3.63) is 35.4 Å². The molecule has 1 aliphatic heterocycles. The van der Waals surface area contributed by atoms with E-state index in [0.717, 1.165) is 19.0 Å². The number of nitrogens with one attached hydrogen (secondary N) is 1. The molecular formula is C16H27ClN2O. The Morgan fingerprint density at radius 1 is 1.35 bits per heavy atom. The predicted octanol–water partition coefficient (Wildman–Crippen LogP) is 2.69. The number of benzene rings is 1. The molecule has 1 heterocycles. The Morgan fingerprint density at radius 3 is 2.90 bits per heavy atom. The zero-order valence-corrected chi connectivity index (χ0v) is 13.4. The minimum atomic E-state index is 0. The van der Waals surface area contributed by atoms with E-state index in [4.69, 9.17) is 4.74 Å². The van der Waals surface area contributed by atoms with Crippen molar-refractivity contribution in [1.82, 2.24) is 10.2 Å². The Kier molecular flexibility index (Phi) is 8.15. The van der Waals surface area contributed by atoms with Crippen molar-refractivity contribution in [3.63, 3.8) is 0 Å². The van der Waals surface area contributed by atoms with Crippen molar-refractivity contribution < 1.29 is 4.74 Å². The standard InChI is InChI=1S/C16H26N2O.ClH/c1-17-10-16-7-4-8-18(12-16)11-14-5-3-6-15(9-14)13-19-2;/h3,5-6,9,16-17H,4,7-8,10-13H2,1-2H3;1H. The van der Waals surface area contributed by atoms with Crippen LogP contribution in [0.1, 0.15) is 24.0 Å². The number of ether oxygens (including phenoxy) is 1. The van der Waals surface area contributed by atoms with E-state index >= 15 is 0 Å². The first-order valence-electron chi connectivity index (χ1n) is 7.25. The van der Waals surface area contributed by atoms with Crippen molar-refractivity contribution in [2.24, 2.45) is 5.92 Å². The lowest BCUT2D eigenvalue weighted by molar-refractivity contribution is 0.166. The van der Waals surface area contributed by atoms with E-state index in [9.17, 15) is 0 Å². The zero-order valence-electron chi connectivity index (χ0n) is 12.6. The molecule has 1 aromatic rings. The molecule has 0 spiro atoms. The minimum absolute atomic E-state index is 0. The number of piperidine rings is 1. The average Bonchev–Trinajstić information content (AvgIpc) is 2.40. The van der Waals surface area contributed by atoms with E-state index in [-0.39, 0.29) is 12.4 Å². The third-order valence-electron chi connectivity index (χ3n) is 3.80. The first-order valence-corrected chi connectivity index (χ1v) is 7.25. The molecule has 0 radical (unpaired) electrons. The Hall–Kier alpha value is -0.610. The van der Waals surface area contributed by atoms with Crippen LogP contribution in [-0.2, 0) is 17.9 Å². The van der Waals surface area contributed by atoms with Gasteiger partial charge >= 0.3 is 0 Å². The summed E-state index contributed by atoms with van der Waals surface area (Å²) in [6, 6.07) is 8.76. The Balaban J connectivity index is 0.00000200. The van der Waals surface area contributed by atoms with Gasteiger partial charge < -0.3 is 10.1 Å². The van der Waals surface area contributed by atoms with Gasteiger partial charge in [-0.3, -0.25) is 4.90 Å². The number of hydrogen-bond acceptors (Lipinski definition) is 3. The van der Waals surface area contributed by atoms with Gasteiger partial charge in [-0.1, -0.05) is 24.3 Å². The summed E-state index contributed by atoms with van der Waals surface area (Å²) in [5, 5.41) is 3.30. The van der Waals surface area contributed by atoms with Crippen LogP contribution < -0.4 is 5.32 Å². The van der Waals surface area contributed by atoms with Crippen LogP contribution in [0.3, 0.4) is 0 Å². The van der Waals surface area contributed by atoms with Gasteiger partial charge in [0.15, 0.2) is 0 Å². The molecular weight excluding hydrogens is 272 g/mol. The molecule has 1 fully saturated rings. The van der Waals surface area contributed by atoms with Crippen LogP contribution in [0.2, 0.25) is 0 Å². The Morgan fingerprint density at radius 2 is 2.15 bits per heavy atom. The van der Waals surface area contributed by atoms with E-state index in [0.29, 0.717) is 6.61 Å². The number of nitrogens with zero attached hydrogens (tertiary/aromatic N) is 1. The fourth-order valence-electron chi connectivity index (χ4n) is 2.99. The van der Waals surface area contributed by atoms with E-state index in [2.05, 4.69) is 34.5 Å². The maximum atomic E-state index is 5.20. The largest absolute Gasteiger partial charge is 0.380 e. The summed E-state index contributed by atoms with van der Waals surface area (Å²) in [5.74, 6) is 0.806. The molecule has 0 bridgehead atoms. The number of likely N-dealkylation sites (tertiary alicyclic amines) is 1. The molecule has 1 atom stereocenters. The van der Waals surface area contributed by atoms with Gasteiger partial charge in [0.1, 0.15) is 0 Å². The summed E-state index contributed by atoms with van der Waals surface area (Å²) >= 11 is 0. The molecule has 0 aliphatic carbocycles. The third kappa shape index (κ3) is 5.41. The van der Waals surface area contributed by atoms with Crippen LogP contribution >= 0.6 is 12.4 Å². The second-order valence-electron chi connectivity index (χ2n) is 5.55. The number of hydrogen-bond donors (Lipinski definition) is 1. The molecule has 1 aromatic carbocycles. The molecule has 4 heteroatoms. The maximum Gasteiger partial charge on any atom is 0.0713 e. The molecule has 1 aliphatic rings. The van der Waals surface area contributed by atoms with Gasteiger partial charge in [0.2, 0.25) is 0 Å². The van der Waals surface area contributed by atoms with Gasteiger partial charge in [0.05, 0.1) is 6.61 Å². The fourth-order valence-corrected chi connectivity index (χ4v) is 2.99. The topological polar surface area (TPSA) is 24.5 Å². The van der Waals surface area contributed by atoms with Crippen molar-refractivity contribution in [2.45, 2.75) is 26.0 Å². The van der Waals surface area contributed by atoms with Gasteiger partial charge in [0.25, 0.3) is 0 Å². The average molecular weight is 299 g/mol. The molecule has 20 heavy (non-hydrogen) atoms. The normalized spacial score (nSPS) is 19.6. The summed E-state index contributed by atoms with van der Waals surface area (Å²) in [6.45, 7) is 5.36. The first kappa shape index (κ1) is 17.4. The van der Waals surface area contributed by atoms with Crippen LogP contribution in [0.5, 0.6) is 0 Å². The highest BCUT2D eigenvalue weighted by Crippen LogP contribution is 2.18. The van der Waals surface area contributed by atoms with Gasteiger partial charge in [0, 0.05) is 20.2 Å². The van der Waals surface area contributed by atoms with Crippen molar-refractivity contribution in [1.29, 1.82) is 0 Å². The van der Waals surface area contributed by atoms with Crippen LogP contribution in [-0.4, -0.2) is 38.7 Å². The highest BCUT2D eigenvalue weighted by molar-refractivity contribution is 5.85. The number of methoxy groups -OCH3 is 1. The predicted molar refractivity (Wildman–Crippen MR) is 86.3 cm³/mol. The van der Waals surface area contributed by atoms with Crippen molar-refractivity contribution in [3.8, 4) is 0 Å². The summed E-state index contributed by atoms with van der Waals surface area (Å²) in [5.41, 5.74) is 2.67. The second-order valence-corrected chi connectivity index (χ2v) is 5.55. The van der Waals surface area contributed by atoms with Gasteiger partial charge in [-0.2, -0.15) is 0 Å². The monoisotopic (exact) mass is 298 g/mol. The molecule has 2 rings (SSSR count). The number of rotatable bonds is 6. The molecule has 114 valence electrons. The zero-order chi connectivity index (χ0) is 13.5. The maximum absolute atomic E-state index is 5.20. The SMILES string of the molecule is CNCC1CCCN(Cc2cccc(COC)c2)C1.Cl. The smallest absolute Gasteiger partial charge is 0.0713 e. The molecule has 1 N–H and O–H groups in total. The summed E-state index contributed by atoms with van der Waals surface area (Å²) in [7, 11) is 3.80. The van der Waals surface area contributed by atoms with Gasteiger partial charge in [-0.05, 0) is 50.0 Å². The molecule has 0 amide bonds. The Labute approximate surface area is 129 Å². The molecule has 1 saturated heterocycles. The summed E-state index contributed by atoms with van der Waals surface area (Å²) < 4.78 is 5.20. The third-order valence-corrected chi connectivity index (χ3v) is 3.80. The quantitative estimate of drug-likeness (QED) is 0.874. The lowest BCUT2D eigenvalue weighted by Crippen LogP contribution is -2.38. The van der Waals surface area contributed by atoms with Crippen molar-refractivity contribution >= 4 is 12.4 Å². The molecule has 0 aromatic heterocycles. The van der Waals surface area contributed by atoms with Crippen LogP contribution in [0, 0.1) is 5.92 Å². The van der Waals surface area contributed by atoms with Gasteiger partial charge in [-0.15, -0.1) is 12.4 Å². The van der Waals surface area contributed by atoms with Crippen LogP contribution in [0.25, 0.3) is 0 Å².